The molecule has 0 aliphatic carbocycles. The fraction of sp³-hybridized carbons (Fsp3) is 0.500. The van der Waals surface area contributed by atoms with Gasteiger partial charge in [0.25, 0.3) is 0 Å². The van der Waals surface area contributed by atoms with Crippen LogP contribution in [0.3, 0.4) is 0 Å². The lowest BCUT2D eigenvalue weighted by atomic mass is 10.1. The van der Waals surface area contributed by atoms with Gasteiger partial charge in [-0.3, -0.25) is 9.69 Å². The number of alkyl halides is 3. The molecular formula is C10H9F4N3O3S. The average molecular weight is 327 g/mol. The summed E-state index contributed by atoms with van der Waals surface area (Å²) < 4.78 is 71.3. The lowest BCUT2D eigenvalue weighted by Gasteiger charge is -2.16. The van der Waals surface area contributed by atoms with Crippen LogP contribution in [-0.2, 0) is 21.2 Å². The summed E-state index contributed by atoms with van der Waals surface area (Å²) in [6, 6.07) is 0.588. The van der Waals surface area contributed by atoms with Gasteiger partial charge < -0.3 is 0 Å². The molecule has 1 atom stereocenters. The van der Waals surface area contributed by atoms with E-state index < -0.39 is 39.7 Å². The van der Waals surface area contributed by atoms with Crippen LogP contribution in [-0.4, -0.2) is 36.6 Å². The van der Waals surface area contributed by atoms with Crippen LogP contribution in [0.15, 0.2) is 12.4 Å². The summed E-state index contributed by atoms with van der Waals surface area (Å²) >= 11 is 0. The second kappa shape index (κ2) is 5.20. The van der Waals surface area contributed by atoms with E-state index in [1.165, 1.54) is 0 Å². The molecule has 0 bridgehead atoms. The van der Waals surface area contributed by atoms with Crippen molar-refractivity contribution in [2.45, 2.75) is 12.6 Å². The molecule has 2 heterocycles. The zero-order chi connectivity index (χ0) is 15.8. The second-order valence-electron chi connectivity index (χ2n) is 4.54. The van der Waals surface area contributed by atoms with Crippen molar-refractivity contribution in [3.63, 3.8) is 0 Å². The Labute approximate surface area is 117 Å². The Bertz CT molecular complexity index is 662. The van der Waals surface area contributed by atoms with Gasteiger partial charge in [-0.1, -0.05) is 0 Å². The van der Waals surface area contributed by atoms with Gasteiger partial charge in [0, 0.05) is 24.9 Å². The lowest BCUT2D eigenvalue weighted by molar-refractivity contribution is -0.141. The van der Waals surface area contributed by atoms with E-state index in [1.54, 1.807) is 0 Å². The van der Waals surface area contributed by atoms with Gasteiger partial charge in [0.15, 0.2) is 0 Å². The van der Waals surface area contributed by atoms with Crippen molar-refractivity contribution in [3.8, 4) is 0 Å². The van der Waals surface area contributed by atoms with Gasteiger partial charge >= 0.3 is 16.4 Å². The summed E-state index contributed by atoms with van der Waals surface area (Å²) in [6.07, 6.45) is -4.30. The molecule has 116 valence electrons. The van der Waals surface area contributed by atoms with Crippen molar-refractivity contribution in [2.75, 3.05) is 17.2 Å². The normalized spacial score (nSPS) is 20.1. The third kappa shape index (κ3) is 3.86. The molecule has 1 aromatic heterocycles. The lowest BCUT2D eigenvalue weighted by Crippen LogP contribution is -2.27. The SMILES string of the molecule is O=C1CC(CS(=O)(=O)F)CN1c1cc(C(F)(F)F)ncn1. The predicted octanol–water partition coefficient (Wildman–Crippen LogP) is 1.15. The molecule has 1 unspecified atom stereocenters. The maximum atomic E-state index is 12.6. The van der Waals surface area contributed by atoms with Crippen molar-refractivity contribution in [3.05, 3.63) is 18.1 Å². The third-order valence-corrected chi connectivity index (χ3v) is 3.73. The van der Waals surface area contributed by atoms with Crippen molar-refractivity contribution < 1.29 is 30.3 Å². The molecule has 1 aliphatic rings. The topological polar surface area (TPSA) is 80.2 Å². The van der Waals surface area contributed by atoms with Gasteiger partial charge in [-0.05, 0) is 0 Å². The van der Waals surface area contributed by atoms with Crippen molar-refractivity contribution in [1.29, 1.82) is 0 Å². The molecule has 21 heavy (non-hydrogen) atoms. The molecule has 0 radical (unpaired) electrons. The number of anilines is 1. The smallest absolute Gasteiger partial charge is 0.296 e. The third-order valence-electron chi connectivity index (χ3n) is 2.86. The van der Waals surface area contributed by atoms with Crippen LogP contribution >= 0.6 is 0 Å². The van der Waals surface area contributed by atoms with Crippen LogP contribution in [0.1, 0.15) is 12.1 Å². The number of hydrogen-bond donors (Lipinski definition) is 0. The van der Waals surface area contributed by atoms with Gasteiger partial charge in [0.05, 0.1) is 5.75 Å². The highest BCUT2D eigenvalue weighted by molar-refractivity contribution is 7.86. The Morgan fingerprint density at radius 2 is 2.00 bits per heavy atom. The van der Waals surface area contributed by atoms with Gasteiger partial charge in [0.1, 0.15) is 17.8 Å². The van der Waals surface area contributed by atoms with Crippen LogP contribution in [0, 0.1) is 5.92 Å². The van der Waals surface area contributed by atoms with Crippen molar-refractivity contribution >= 4 is 21.9 Å². The summed E-state index contributed by atoms with van der Waals surface area (Å²) in [4.78, 5) is 19.2. The zero-order valence-electron chi connectivity index (χ0n) is 10.3. The molecule has 1 fully saturated rings. The van der Waals surface area contributed by atoms with Crippen LogP contribution in [0.4, 0.5) is 22.9 Å². The summed E-state index contributed by atoms with van der Waals surface area (Å²) in [5, 5.41) is 0. The predicted molar refractivity (Wildman–Crippen MR) is 62.4 cm³/mol. The van der Waals surface area contributed by atoms with Gasteiger partial charge in [-0.2, -0.15) is 21.6 Å². The minimum atomic E-state index is -4.76. The molecule has 1 aromatic rings. The van der Waals surface area contributed by atoms with Crippen molar-refractivity contribution in [1.82, 2.24) is 9.97 Å². The Kier molecular flexibility index (Phi) is 3.87. The first-order valence-electron chi connectivity index (χ1n) is 5.68. The zero-order valence-corrected chi connectivity index (χ0v) is 11.2. The Morgan fingerprint density at radius 3 is 2.57 bits per heavy atom. The molecule has 0 saturated carbocycles. The molecule has 1 amide bonds. The number of halogens is 4. The van der Waals surface area contributed by atoms with Crippen LogP contribution in [0.5, 0.6) is 0 Å². The molecule has 0 spiro atoms. The van der Waals surface area contributed by atoms with E-state index in [1.807, 2.05) is 0 Å². The van der Waals surface area contributed by atoms with Crippen LogP contribution < -0.4 is 4.90 Å². The monoisotopic (exact) mass is 327 g/mol. The van der Waals surface area contributed by atoms with E-state index in [0.717, 1.165) is 4.90 Å². The highest BCUT2D eigenvalue weighted by Crippen LogP contribution is 2.31. The van der Waals surface area contributed by atoms with Crippen LogP contribution in [0.25, 0.3) is 0 Å². The van der Waals surface area contributed by atoms with E-state index in [0.29, 0.717) is 12.4 Å². The first kappa shape index (κ1) is 15.6. The van der Waals surface area contributed by atoms with Gasteiger partial charge in [-0.25, -0.2) is 9.97 Å². The summed E-state index contributed by atoms with van der Waals surface area (Å²) in [7, 11) is -4.76. The molecule has 0 N–H and O–H groups in total. The minimum Gasteiger partial charge on any atom is -0.296 e. The summed E-state index contributed by atoms with van der Waals surface area (Å²) in [5.41, 5.74) is -1.22. The van der Waals surface area contributed by atoms with Gasteiger partial charge in [-0.15, -0.1) is 3.89 Å². The molecule has 0 aromatic carbocycles. The van der Waals surface area contributed by atoms with E-state index in [-0.39, 0.29) is 18.8 Å². The van der Waals surface area contributed by atoms with E-state index in [4.69, 9.17) is 0 Å². The molecule has 11 heteroatoms. The molecule has 6 nitrogen and oxygen atoms in total. The fourth-order valence-corrected chi connectivity index (χ4v) is 2.83. The van der Waals surface area contributed by atoms with Gasteiger partial charge in [0.2, 0.25) is 5.91 Å². The van der Waals surface area contributed by atoms with Crippen molar-refractivity contribution in [2.24, 2.45) is 5.92 Å². The summed E-state index contributed by atoms with van der Waals surface area (Å²) in [6.45, 7) is -0.212. The standard InChI is InChI=1S/C10H9F4N3O3S/c11-10(12,13)7-2-8(16-5-15-7)17-3-6(1-9(17)18)4-21(14,19)20/h2,5-6H,1,3-4H2. The molecule has 1 saturated heterocycles. The van der Waals surface area contributed by atoms with E-state index in [2.05, 4.69) is 9.97 Å². The number of rotatable bonds is 3. The first-order valence-corrected chi connectivity index (χ1v) is 7.23. The quantitative estimate of drug-likeness (QED) is 0.614. The number of hydrogen-bond acceptors (Lipinski definition) is 5. The summed E-state index contributed by atoms with van der Waals surface area (Å²) in [5.74, 6) is -2.58. The maximum Gasteiger partial charge on any atom is 0.433 e. The number of aromatic nitrogens is 2. The van der Waals surface area contributed by atoms with E-state index >= 15 is 0 Å². The maximum absolute atomic E-state index is 12.6. The Balaban J connectivity index is 2.21. The number of nitrogens with zero attached hydrogens (tertiary/aromatic N) is 3. The first-order chi connectivity index (χ1) is 9.56. The number of carbonyl (C=O) groups excluding carboxylic acids is 1. The Morgan fingerprint density at radius 1 is 1.33 bits per heavy atom. The molecular weight excluding hydrogens is 318 g/mol. The van der Waals surface area contributed by atoms with Crippen LogP contribution in [0.2, 0.25) is 0 Å². The highest BCUT2D eigenvalue weighted by atomic mass is 32.3. The fourth-order valence-electron chi connectivity index (χ4n) is 2.05. The van der Waals surface area contributed by atoms with E-state index in [9.17, 15) is 30.3 Å². The number of carbonyl (C=O) groups is 1. The second-order valence-corrected chi connectivity index (χ2v) is 5.95. The molecule has 2 rings (SSSR count). The minimum absolute atomic E-state index is 0.212. The molecule has 1 aliphatic heterocycles. The average Bonchev–Trinajstić information content (AvgIpc) is 2.67. The largest absolute Gasteiger partial charge is 0.433 e. The highest BCUT2D eigenvalue weighted by Gasteiger charge is 2.37. The Hall–Kier alpha value is -1.78. The number of amides is 1.